The number of para-hydroxylation sites is 1. The van der Waals surface area contributed by atoms with Gasteiger partial charge in [-0.15, -0.1) is 0 Å². The van der Waals surface area contributed by atoms with Crippen LogP contribution in [0.5, 0.6) is 0 Å². The lowest BCUT2D eigenvalue weighted by molar-refractivity contribution is 0.666. The molecule has 310 valence electrons. The van der Waals surface area contributed by atoms with Gasteiger partial charge in [-0.2, -0.15) is 0 Å². The van der Waals surface area contributed by atoms with E-state index in [4.69, 9.17) is 23.8 Å². The fourth-order valence-corrected chi connectivity index (χ4v) is 11.5. The minimum atomic E-state index is -0.602. The number of nitrogens with zero attached hydrogens (tertiary/aromatic N) is 3. The summed E-state index contributed by atoms with van der Waals surface area (Å²) in [5, 5.41) is 6.62. The standard InChI is InChI=1S/C62H35N3O2/c1-3-15-36(16-4-1)59-63-60(37-17-5-2-6-18-37)65-61(64-59)49-32-40(31-39-19-7-8-20-41(39)49)38-27-28-46-55(33-38)67-54-30-29-45-47-34-48-44-23-11-14-26-53(44)66-56(48)35-52(47)62(58(45)57(46)54)50-24-12-9-21-42(50)43-22-10-13-25-51(43)62/h1-35H. The highest BCUT2D eigenvalue weighted by molar-refractivity contribution is 6.16. The zero-order valence-corrected chi connectivity index (χ0v) is 35.9. The number of fused-ring (bicyclic) bond motifs is 18. The van der Waals surface area contributed by atoms with Gasteiger partial charge in [-0.1, -0.05) is 164 Å². The molecule has 5 heteroatoms. The van der Waals surface area contributed by atoms with Crippen LogP contribution in [0, 0.1) is 0 Å². The van der Waals surface area contributed by atoms with Gasteiger partial charge in [-0.3, -0.25) is 0 Å². The van der Waals surface area contributed by atoms with Crippen LogP contribution in [0.2, 0.25) is 0 Å². The summed E-state index contributed by atoms with van der Waals surface area (Å²) in [5.74, 6) is 1.88. The van der Waals surface area contributed by atoms with Crippen LogP contribution in [0.4, 0.5) is 0 Å². The Morgan fingerprint density at radius 3 is 1.66 bits per heavy atom. The maximum Gasteiger partial charge on any atom is 0.164 e. The van der Waals surface area contributed by atoms with Gasteiger partial charge in [0.2, 0.25) is 0 Å². The smallest absolute Gasteiger partial charge is 0.164 e. The second-order valence-electron chi connectivity index (χ2n) is 17.8. The fourth-order valence-electron chi connectivity index (χ4n) is 11.5. The van der Waals surface area contributed by atoms with Crippen LogP contribution in [-0.2, 0) is 5.41 Å². The summed E-state index contributed by atoms with van der Waals surface area (Å²) >= 11 is 0. The molecular weight excluding hydrogens is 819 g/mol. The Balaban J connectivity index is 0.961. The molecule has 10 aromatic carbocycles. The van der Waals surface area contributed by atoms with Crippen molar-refractivity contribution in [2.24, 2.45) is 0 Å². The van der Waals surface area contributed by atoms with Gasteiger partial charge >= 0.3 is 0 Å². The molecule has 2 aliphatic rings. The predicted octanol–water partition coefficient (Wildman–Crippen LogP) is 15.8. The molecule has 2 aliphatic carbocycles. The molecule has 0 N–H and O–H groups in total. The number of aromatic nitrogens is 3. The van der Waals surface area contributed by atoms with Crippen molar-refractivity contribution in [2.45, 2.75) is 5.41 Å². The van der Waals surface area contributed by atoms with E-state index in [9.17, 15) is 0 Å². The molecule has 0 saturated heterocycles. The molecule has 5 nitrogen and oxygen atoms in total. The summed E-state index contributed by atoms with van der Waals surface area (Å²) in [6.45, 7) is 0. The van der Waals surface area contributed by atoms with Crippen LogP contribution in [0.3, 0.4) is 0 Å². The monoisotopic (exact) mass is 853 g/mol. The van der Waals surface area contributed by atoms with Gasteiger partial charge in [0, 0.05) is 38.2 Å². The highest BCUT2D eigenvalue weighted by Gasteiger charge is 2.53. The van der Waals surface area contributed by atoms with Crippen LogP contribution in [0.15, 0.2) is 221 Å². The fraction of sp³-hybridized carbons (Fsp3) is 0.0161. The largest absolute Gasteiger partial charge is 0.456 e. The zero-order valence-electron chi connectivity index (χ0n) is 35.9. The molecule has 13 aromatic rings. The molecule has 0 bridgehead atoms. The Bertz CT molecular complexity index is 4120. The molecule has 3 aromatic heterocycles. The molecule has 0 radical (unpaired) electrons. The molecule has 67 heavy (non-hydrogen) atoms. The van der Waals surface area contributed by atoms with E-state index in [-0.39, 0.29) is 0 Å². The van der Waals surface area contributed by atoms with Gasteiger partial charge in [0.25, 0.3) is 0 Å². The Hall–Kier alpha value is -8.93. The van der Waals surface area contributed by atoms with E-state index in [0.29, 0.717) is 17.5 Å². The van der Waals surface area contributed by atoms with Crippen molar-refractivity contribution in [1.29, 1.82) is 0 Å². The summed E-state index contributed by atoms with van der Waals surface area (Å²) in [6.07, 6.45) is 0. The number of hydrogen-bond acceptors (Lipinski definition) is 5. The van der Waals surface area contributed by atoms with E-state index in [2.05, 4.69) is 146 Å². The molecule has 1 spiro atoms. The van der Waals surface area contributed by atoms with Crippen LogP contribution >= 0.6 is 0 Å². The van der Waals surface area contributed by atoms with Crippen molar-refractivity contribution >= 4 is 54.6 Å². The normalized spacial score (nSPS) is 13.2. The number of rotatable bonds is 4. The SMILES string of the molecule is c1ccc(-c2nc(-c3ccccc3)nc(-c3cc(-c4ccc5c(c4)oc4ccc6c(c45)C4(c5ccccc5-c5ccccc54)c4cc5oc7ccccc7c5cc4-6)cc4ccccc34)n2)cc1. The summed E-state index contributed by atoms with van der Waals surface area (Å²) in [6, 6.07) is 75.4. The molecule has 0 aliphatic heterocycles. The van der Waals surface area contributed by atoms with E-state index in [1.165, 1.54) is 44.5 Å². The van der Waals surface area contributed by atoms with Crippen LogP contribution in [-0.4, -0.2) is 15.0 Å². The third-order valence-corrected chi connectivity index (χ3v) is 14.3. The Morgan fingerprint density at radius 1 is 0.299 bits per heavy atom. The molecule has 3 heterocycles. The van der Waals surface area contributed by atoms with Crippen molar-refractivity contribution in [2.75, 3.05) is 0 Å². The zero-order chi connectivity index (χ0) is 43.8. The lowest BCUT2D eigenvalue weighted by atomic mass is 9.69. The summed E-state index contributed by atoms with van der Waals surface area (Å²) < 4.78 is 13.7. The molecule has 0 atom stereocenters. The van der Waals surface area contributed by atoms with Crippen molar-refractivity contribution in [3.05, 3.63) is 235 Å². The molecule has 0 amide bonds. The van der Waals surface area contributed by atoms with Gasteiger partial charge < -0.3 is 8.83 Å². The lowest BCUT2D eigenvalue weighted by Gasteiger charge is -2.31. The first kappa shape index (κ1) is 36.4. The Labute approximate surface area is 384 Å². The first-order valence-electron chi connectivity index (χ1n) is 22.7. The average molecular weight is 854 g/mol. The van der Waals surface area contributed by atoms with Crippen molar-refractivity contribution < 1.29 is 8.83 Å². The molecule has 0 saturated carbocycles. The quantitative estimate of drug-likeness (QED) is 0.176. The Morgan fingerprint density at radius 2 is 0.910 bits per heavy atom. The molecular formula is C62H35N3O2. The highest BCUT2D eigenvalue weighted by Crippen LogP contribution is 2.65. The van der Waals surface area contributed by atoms with E-state index in [0.717, 1.165) is 82.5 Å². The van der Waals surface area contributed by atoms with Crippen molar-refractivity contribution in [3.8, 4) is 67.5 Å². The van der Waals surface area contributed by atoms with Gasteiger partial charge in [-0.25, -0.2) is 15.0 Å². The number of hydrogen-bond donors (Lipinski definition) is 0. The van der Waals surface area contributed by atoms with Crippen molar-refractivity contribution in [1.82, 2.24) is 15.0 Å². The third-order valence-electron chi connectivity index (χ3n) is 14.3. The summed E-state index contributed by atoms with van der Waals surface area (Å²) in [5.41, 5.74) is 17.8. The Kier molecular flexibility index (Phi) is 7.36. The summed E-state index contributed by atoms with van der Waals surface area (Å²) in [7, 11) is 0. The van der Waals surface area contributed by atoms with Crippen LogP contribution in [0.1, 0.15) is 22.3 Å². The molecule has 0 unspecified atom stereocenters. The van der Waals surface area contributed by atoms with Crippen molar-refractivity contribution in [3.63, 3.8) is 0 Å². The van der Waals surface area contributed by atoms with Gasteiger partial charge in [0.1, 0.15) is 22.3 Å². The first-order valence-corrected chi connectivity index (χ1v) is 22.7. The minimum absolute atomic E-state index is 0.602. The van der Waals surface area contributed by atoms with E-state index in [1.54, 1.807) is 0 Å². The number of benzene rings is 10. The second kappa shape index (κ2) is 13.6. The van der Waals surface area contributed by atoms with Gasteiger partial charge in [0.05, 0.1) is 5.41 Å². The number of furan rings is 2. The van der Waals surface area contributed by atoms with E-state index < -0.39 is 5.41 Å². The van der Waals surface area contributed by atoms with Crippen LogP contribution < -0.4 is 0 Å². The van der Waals surface area contributed by atoms with E-state index in [1.807, 2.05) is 66.7 Å². The van der Waals surface area contributed by atoms with Gasteiger partial charge in [0.15, 0.2) is 17.5 Å². The topological polar surface area (TPSA) is 65.0 Å². The third kappa shape index (κ3) is 5.05. The highest BCUT2D eigenvalue weighted by atomic mass is 16.3. The molecule has 15 rings (SSSR count). The van der Waals surface area contributed by atoms with Gasteiger partial charge in [-0.05, 0) is 115 Å². The molecule has 0 fully saturated rings. The minimum Gasteiger partial charge on any atom is -0.456 e. The maximum atomic E-state index is 7.02. The van der Waals surface area contributed by atoms with Crippen LogP contribution in [0.25, 0.3) is 122 Å². The van der Waals surface area contributed by atoms with E-state index >= 15 is 0 Å². The average Bonchev–Trinajstić information content (AvgIpc) is 4.12. The predicted molar refractivity (Wildman–Crippen MR) is 270 cm³/mol. The lowest BCUT2D eigenvalue weighted by Crippen LogP contribution is -2.26. The first-order chi connectivity index (χ1) is 33.2. The maximum absolute atomic E-state index is 7.02. The second-order valence-corrected chi connectivity index (χ2v) is 17.8. The summed E-state index contributed by atoms with van der Waals surface area (Å²) in [4.78, 5) is 15.3.